The number of aryl methyl sites for hydroxylation is 2. The molecule has 0 amide bonds. The van der Waals surface area contributed by atoms with Crippen LogP contribution >= 0.6 is 11.6 Å². The largest absolute Gasteiger partial charge is 0.243 e. The van der Waals surface area contributed by atoms with Gasteiger partial charge in [-0.15, -0.1) is 0 Å². The van der Waals surface area contributed by atoms with Gasteiger partial charge in [-0.25, -0.2) is 9.13 Å². The van der Waals surface area contributed by atoms with Gasteiger partial charge in [-0.2, -0.15) is 0 Å². The Morgan fingerprint density at radius 3 is 2.65 bits per heavy atom. The molecule has 0 aliphatic rings. The Kier molecular flexibility index (Phi) is 7.96. The summed E-state index contributed by atoms with van der Waals surface area (Å²) in [7, 11) is 0. The molecule has 0 radical (unpaired) electrons. The maximum Gasteiger partial charge on any atom is 0.243 e. The fraction of sp³-hybridized carbons (Fsp3) is 0.450. The number of hydrogen-bond acceptors (Lipinski definition) is 0. The molecule has 0 atom stereocenters. The standard InChI is InChI=1S/C20H28ClN2/c1-2-3-4-5-7-14-22-16-17-23(18-22)15-8-6-9-19-10-12-20(21)13-11-19/h6,9-13,16-18H,2-5,7-8,14-15H2,1H3/q+1. The van der Waals surface area contributed by atoms with E-state index in [-0.39, 0.29) is 0 Å². The molecular weight excluding hydrogens is 304 g/mol. The predicted molar refractivity (Wildman–Crippen MR) is 98.5 cm³/mol. The van der Waals surface area contributed by atoms with Crippen LogP contribution in [0.4, 0.5) is 0 Å². The average molecular weight is 332 g/mol. The van der Waals surface area contributed by atoms with Gasteiger partial charge in [0.25, 0.3) is 0 Å². The van der Waals surface area contributed by atoms with E-state index in [2.05, 4.69) is 46.9 Å². The van der Waals surface area contributed by atoms with E-state index >= 15 is 0 Å². The first kappa shape index (κ1) is 17.8. The molecule has 0 spiro atoms. The molecule has 0 bridgehead atoms. The van der Waals surface area contributed by atoms with Crippen LogP contribution in [0.3, 0.4) is 0 Å². The van der Waals surface area contributed by atoms with Crippen LogP contribution in [0.1, 0.15) is 51.0 Å². The lowest BCUT2D eigenvalue weighted by molar-refractivity contribution is -0.696. The normalized spacial score (nSPS) is 11.4. The summed E-state index contributed by atoms with van der Waals surface area (Å²) in [5.41, 5.74) is 1.20. The van der Waals surface area contributed by atoms with Crippen molar-refractivity contribution in [3.63, 3.8) is 0 Å². The molecule has 1 aromatic carbocycles. The van der Waals surface area contributed by atoms with Crippen LogP contribution in [-0.2, 0) is 13.1 Å². The summed E-state index contributed by atoms with van der Waals surface area (Å²) in [5, 5.41) is 0.786. The van der Waals surface area contributed by atoms with Crippen molar-refractivity contribution >= 4 is 17.7 Å². The van der Waals surface area contributed by atoms with E-state index in [1.165, 1.54) is 37.7 Å². The van der Waals surface area contributed by atoms with Gasteiger partial charge in [0.15, 0.2) is 0 Å². The fourth-order valence-electron chi connectivity index (χ4n) is 2.62. The average Bonchev–Trinajstić information content (AvgIpc) is 3.01. The van der Waals surface area contributed by atoms with Crippen LogP contribution in [0, 0.1) is 0 Å². The molecule has 0 saturated heterocycles. The lowest BCUT2D eigenvalue weighted by Crippen LogP contribution is -2.30. The molecule has 2 rings (SSSR count). The van der Waals surface area contributed by atoms with Crippen molar-refractivity contribution in [3.05, 3.63) is 59.6 Å². The topological polar surface area (TPSA) is 8.81 Å². The minimum absolute atomic E-state index is 0.786. The first-order valence-corrected chi connectivity index (χ1v) is 9.12. The molecule has 124 valence electrons. The zero-order valence-electron chi connectivity index (χ0n) is 14.1. The highest BCUT2D eigenvalue weighted by atomic mass is 35.5. The van der Waals surface area contributed by atoms with E-state index in [9.17, 15) is 0 Å². The third-order valence-corrected chi connectivity index (χ3v) is 4.25. The van der Waals surface area contributed by atoms with E-state index in [1.807, 2.05) is 24.3 Å². The summed E-state index contributed by atoms with van der Waals surface area (Å²) in [6.07, 6.45) is 18.7. The van der Waals surface area contributed by atoms with E-state index in [1.54, 1.807) is 0 Å². The minimum Gasteiger partial charge on any atom is -0.237 e. The van der Waals surface area contributed by atoms with Crippen LogP contribution in [-0.4, -0.2) is 4.57 Å². The number of imidazole rings is 1. The molecule has 0 aliphatic carbocycles. The first-order valence-electron chi connectivity index (χ1n) is 8.75. The first-order chi connectivity index (χ1) is 11.3. The SMILES string of the molecule is CCCCCCC[n+]1ccn(CCC=Cc2ccc(Cl)cc2)c1. The third-order valence-electron chi connectivity index (χ3n) is 4.00. The Labute approximate surface area is 145 Å². The highest BCUT2D eigenvalue weighted by Crippen LogP contribution is 2.11. The maximum atomic E-state index is 5.89. The van der Waals surface area contributed by atoms with Crippen LogP contribution in [0.15, 0.2) is 49.1 Å². The summed E-state index contributed by atoms with van der Waals surface area (Å²) < 4.78 is 4.56. The van der Waals surface area contributed by atoms with Gasteiger partial charge < -0.3 is 0 Å². The highest BCUT2D eigenvalue weighted by molar-refractivity contribution is 6.30. The molecule has 0 N–H and O–H groups in total. The fourth-order valence-corrected chi connectivity index (χ4v) is 2.74. The van der Waals surface area contributed by atoms with Gasteiger partial charge in [0.2, 0.25) is 6.33 Å². The predicted octanol–water partition coefficient (Wildman–Crippen LogP) is 5.50. The molecule has 2 nitrogen and oxygen atoms in total. The van der Waals surface area contributed by atoms with Crippen molar-refractivity contribution in [2.45, 2.75) is 58.5 Å². The van der Waals surface area contributed by atoms with E-state index in [0.717, 1.165) is 24.5 Å². The molecule has 0 saturated carbocycles. The van der Waals surface area contributed by atoms with Crippen molar-refractivity contribution in [2.24, 2.45) is 0 Å². The molecule has 0 unspecified atom stereocenters. The summed E-state index contributed by atoms with van der Waals surface area (Å²) in [6, 6.07) is 7.94. The van der Waals surface area contributed by atoms with Gasteiger partial charge in [-0.1, -0.05) is 62.1 Å². The molecule has 0 aliphatic heterocycles. The number of nitrogens with zero attached hydrogens (tertiary/aromatic N) is 2. The number of allylic oxidation sites excluding steroid dienone is 1. The van der Waals surface area contributed by atoms with Gasteiger partial charge in [-0.3, -0.25) is 0 Å². The van der Waals surface area contributed by atoms with E-state index in [0.29, 0.717) is 0 Å². The van der Waals surface area contributed by atoms with Crippen molar-refractivity contribution in [3.8, 4) is 0 Å². The van der Waals surface area contributed by atoms with Gasteiger partial charge in [0, 0.05) is 11.4 Å². The van der Waals surface area contributed by atoms with Crippen LogP contribution < -0.4 is 4.57 Å². The van der Waals surface area contributed by atoms with Crippen molar-refractivity contribution in [1.82, 2.24) is 4.57 Å². The molecule has 1 heterocycles. The zero-order valence-corrected chi connectivity index (χ0v) is 14.9. The van der Waals surface area contributed by atoms with Crippen LogP contribution in [0.25, 0.3) is 6.08 Å². The number of halogens is 1. The van der Waals surface area contributed by atoms with Crippen LogP contribution in [0.5, 0.6) is 0 Å². The minimum atomic E-state index is 0.786. The van der Waals surface area contributed by atoms with Gasteiger partial charge in [-0.05, 0) is 30.5 Å². The van der Waals surface area contributed by atoms with Crippen LogP contribution in [0.2, 0.25) is 5.02 Å². The maximum absolute atomic E-state index is 5.89. The van der Waals surface area contributed by atoms with Crippen molar-refractivity contribution in [2.75, 3.05) is 0 Å². The smallest absolute Gasteiger partial charge is 0.237 e. The lowest BCUT2D eigenvalue weighted by Gasteiger charge is -1.97. The third kappa shape index (κ3) is 7.04. The Morgan fingerprint density at radius 2 is 1.87 bits per heavy atom. The van der Waals surface area contributed by atoms with Gasteiger partial charge in [0.05, 0.1) is 13.1 Å². The molecular formula is C20H28ClN2+. The Hall–Kier alpha value is -1.54. The van der Waals surface area contributed by atoms with Gasteiger partial charge in [0.1, 0.15) is 12.4 Å². The summed E-state index contributed by atoms with van der Waals surface area (Å²) >= 11 is 5.89. The Bertz CT molecular complexity index is 584. The second-order valence-electron chi connectivity index (χ2n) is 6.05. The summed E-state index contributed by atoms with van der Waals surface area (Å²) in [4.78, 5) is 0. The van der Waals surface area contributed by atoms with Gasteiger partial charge >= 0.3 is 0 Å². The summed E-state index contributed by atoms with van der Waals surface area (Å²) in [5.74, 6) is 0. The Morgan fingerprint density at radius 1 is 1.09 bits per heavy atom. The van der Waals surface area contributed by atoms with Crippen molar-refractivity contribution in [1.29, 1.82) is 0 Å². The number of benzene rings is 1. The number of hydrogen-bond donors (Lipinski definition) is 0. The van der Waals surface area contributed by atoms with E-state index < -0.39 is 0 Å². The molecule has 23 heavy (non-hydrogen) atoms. The lowest BCUT2D eigenvalue weighted by atomic mass is 10.1. The second-order valence-corrected chi connectivity index (χ2v) is 6.48. The highest BCUT2D eigenvalue weighted by Gasteiger charge is 2.02. The zero-order chi connectivity index (χ0) is 16.3. The quantitative estimate of drug-likeness (QED) is 0.401. The Balaban J connectivity index is 1.67. The van der Waals surface area contributed by atoms with E-state index in [4.69, 9.17) is 11.6 Å². The molecule has 2 aromatic rings. The number of aromatic nitrogens is 2. The monoisotopic (exact) mass is 331 g/mol. The van der Waals surface area contributed by atoms with Crippen molar-refractivity contribution < 1.29 is 4.57 Å². The second kappa shape index (κ2) is 10.3. The molecule has 0 fully saturated rings. The molecule has 1 aromatic heterocycles. The summed E-state index contributed by atoms with van der Waals surface area (Å²) in [6.45, 7) is 4.42. The number of unbranched alkanes of at least 4 members (excludes halogenated alkanes) is 4. The number of rotatable bonds is 10. The molecule has 3 heteroatoms.